The number of carbonyl (C=O) groups excluding carboxylic acids is 2. The maximum atomic E-state index is 11.6. The number of hydrogen-bond acceptors (Lipinski definition) is 3. The van der Waals surface area contributed by atoms with Crippen LogP contribution in [-0.4, -0.2) is 24.8 Å². The fraction of sp³-hybridized carbons (Fsp3) is 0.500. The Hall–Kier alpha value is -1.39. The zero-order valence-electron chi connectivity index (χ0n) is 12.8. The minimum Gasteiger partial charge on any atom is -0.318 e. The molecule has 0 bridgehead atoms. The summed E-state index contributed by atoms with van der Waals surface area (Å²) in [5, 5.41) is 5.84. The Morgan fingerprint density at radius 2 is 1.76 bits per heavy atom. The van der Waals surface area contributed by atoms with Gasteiger partial charge in [-0.1, -0.05) is 13.0 Å². The van der Waals surface area contributed by atoms with Gasteiger partial charge in [0.2, 0.25) is 0 Å². The van der Waals surface area contributed by atoms with Crippen LogP contribution in [0.3, 0.4) is 0 Å². The zero-order chi connectivity index (χ0) is 14.7. The Labute approximate surface area is 132 Å². The van der Waals surface area contributed by atoms with Crippen LogP contribution in [0.1, 0.15) is 46.8 Å². The molecule has 0 atom stereocenters. The van der Waals surface area contributed by atoms with Crippen LogP contribution in [0.5, 0.6) is 0 Å². The van der Waals surface area contributed by atoms with E-state index < -0.39 is 11.7 Å². The Bertz CT molecular complexity index is 544. The molecule has 1 aromatic carbocycles. The standard InChI is InChI=1S/C12H13NO2.C4H9N.ClH/c1-4-8-5-6(2)10-9(7(8)3)11(14)12(15)13-10;1-2-4-5-3-1;/h5H,4H2,1-3H3,(H,13,14,15);5H,1-4H2;1H. The molecule has 116 valence electrons. The van der Waals surface area contributed by atoms with Crippen molar-refractivity contribution in [2.24, 2.45) is 0 Å². The summed E-state index contributed by atoms with van der Waals surface area (Å²) in [5.41, 5.74) is 4.29. The summed E-state index contributed by atoms with van der Waals surface area (Å²) in [4.78, 5) is 22.9. The van der Waals surface area contributed by atoms with Gasteiger partial charge in [0, 0.05) is 0 Å². The molecule has 0 aliphatic carbocycles. The van der Waals surface area contributed by atoms with Gasteiger partial charge in [-0.15, -0.1) is 12.4 Å². The van der Waals surface area contributed by atoms with E-state index in [0.29, 0.717) is 11.3 Å². The number of fused-ring (bicyclic) bond motifs is 1. The van der Waals surface area contributed by atoms with Gasteiger partial charge in [-0.05, 0) is 62.9 Å². The first-order chi connectivity index (χ1) is 9.56. The number of hydrogen-bond donors (Lipinski definition) is 2. The summed E-state index contributed by atoms with van der Waals surface area (Å²) < 4.78 is 0. The van der Waals surface area contributed by atoms with Gasteiger partial charge in [-0.2, -0.15) is 0 Å². The van der Waals surface area contributed by atoms with Crippen molar-refractivity contribution in [3.8, 4) is 0 Å². The number of nitrogens with one attached hydrogen (secondary N) is 2. The highest BCUT2D eigenvalue weighted by Gasteiger charge is 2.31. The van der Waals surface area contributed by atoms with Crippen LogP contribution < -0.4 is 10.6 Å². The van der Waals surface area contributed by atoms with E-state index in [4.69, 9.17) is 0 Å². The molecule has 0 aromatic heterocycles. The smallest absolute Gasteiger partial charge is 0.296 e. The lowest BCUT2D eigenvalue weighted by Crippen LogP contribution is -2.13. The third-order valence-corrected chi connectivity index (χ3v) is 3.90. The first-order valence-corrected chi connectivity index (χ1v) is 7.25. The summed E-state index contributed by atoms with van der Waals surface area (Å²) in [7, 11) is 0. The second-order valence-corrected chi connectivity index (χ2v) is 5.32. The minimum atomic E-state index is -0.510. The average molecular weight is 311 g/mol. The van der Waals surface area contributed by atoms with E-state index >= 15 is 0 Å². The Kier molecular flexibility index (Phi) is 6.37. The second kappa shape index (κ2) is 7.57. The topological polar surface area (TPSA) is 58.2 Å². The van der Waals surface area contributed by atoms with Crippen molar-refractivity contribution in [2.45, 2.75) is 40.0 Å². The van der Waals surface area contributed by atoms with Crippen LogP contribution in [0.25, 0.3) is 0 Å². The predicted octanol–water partition coefficient (Wildman–Crippen LogP) is 2.79. The number of benzene rings is 1. The molecule has 2 aliphatic heterocycles. The monoisotopic (exact) mass is 310 g/mol. The molecule has 0 saturated carbocycles. The maximum Gasteiger partial charge on any atom is 0.296 e. The molecule has 1 amide bonds. The first kappa shape index (κ1) is 17.7. The van der Waals surface area contributed by atoms with Gasteiger partial charge in [0.15, 0.2) is 0 Å². The lowest BCUT2D eigenvalue weighted by molar-refractivity contribution is -0.112. The number of rotatable bonds is 1. The van der Waals surface area contributed by atoms with Crippen LogP contribution in [0.2, 0.25) is 0 Å². The van der Waals surface area contributed by atoms with Gasteiger partial charge in [0.25, 0.3) is 11.7 Å². The van der Waals surface area contributed by atoms with Gasteiger partial charge in [0.1, 0.15) is 0 Å². The molecule has 5 heteroatoms. The molecule has 2 N–H and O–H groups in total. The normalized spacial score (nSPS) is 15.8. The maximum absolute atomic E-state index is 11.6. The fourth-order valence-electron chi connectivity index (χ4n) is 2.71. The van der Waals surface area contributed by atoms with E-state index in [1.54, 1.807) is 0 Å². The van der Waals surface area contributed by atoms with Crippen LogP contribution in [-0.2, 0) is 11.2 Å². The van der Waals surface area contributed by atoms with Crippen LogP contribution >= 0.6 is 12.4 Å². The highest BCUT2D eigenvalue weighted by molar-refractivity contribution is 6.52. The largest absolute Gasteiger partial charge is 0.318 e. The van der Waals surface area contributed by atoms with E-state index in [1.807, 2.05) is 26.8 Å². The SMILES string of the molecule is C1CCNC1.CCc1cc(C)c2c(c1C)C(=O)C(=O)N2.Cl. The van der Waals surface area contributed by atoms with E-state index in [1.165, 1.54) is 25.9 Å². The van der Waals surface area contributed by atoms with E-state index in [0.717, 1.165) is 23.1 Å². The van der Waals surface area contributed by atoms with Gasteiger partial charge in [0.05, 0.1) is 11.3 Å². The average Bonchev–Trinajstić information content (AvgIpc) is 3.08. The molecule has 3 rings (SSSR count). The lowest BCUT2D eigenvalue weighted by Gasteiger charge is -2.10. The molecular weight excluding hydrogens is 288 g/mol. The highest BCUT2D eigenvalue weighted by atomic mass is 35.5. The van der Waals surface area contributed by atoms with Crippen molar-refractivity contribution in [3.05, 3.63) is 28.3 Å². The van der Waals surface area contributed by atoms with E-state index in [9.17, 15) is 9.59 Å². The Morgan fingerprint density at radius 1 is 1.14 bits per heavy atom. The summed E-state index contributed by atoms with van der Waals surface area (Å²) in [6, 6.07) is 2.03. The molecule has 0 spiro atoms. The molecule has 1 fully saturated rings. The van der Waals surface area contributed by atoms with E-state index in [-0.39, 0.29) is 12.4 Å². The number of aryl methyl sites for hydroxylation is 2. The quantitative estimate of drug-likeness (QED) is 0.784. The minimum absolute atomic E-state index is 0. The molecule has 2 heterocycles. The molecule has 21 heavy (non-hydrogen) atoms. The summed E-state index contributed by atoms with van der Waals surface area (Å²) >= 11 is 0. The molecule has 4 nitrogen and oxygen atoms in total. The highest BCUT2D eigenvalue weighted by Crippen LogP contribution is 2.32. The first-order valence-electron chi connectivity index (χ1n) is 7.25. The second-order valence-electron chi connectivity index (χ2n) is 5.32. The predicted molar refractivity (Wildman–Crippen MR) is 87.6 cm³/mol. The molecule has 0 radical (unpaired) electrons. The molecule has 1 saturated heterocycles. The van der Waals surface area contributed by atoms with Crippen molar-refractivity contribution in [1.82, 2.24) is 5.32 Å². The number of amides is 1. The van der Waals surface area contributed by atoms with Crippen molar-refractivity contribution >= 4 is 29.8 Å². The van der Waals surface area contributed by atoms with Gasteiger partial charge in [-0.25, -0.2) is 0 Å². The van der Waals surface area contributed by atoms with Gasteiger partial charge < -0.3 is 10.6 Å². The van der Waals surface area contributed by atoms with Crippen LogP contribution in [0.15, 0.2) is 6.07 Å². The molecular formula is C16H23ClN2O2. The van der Waals surface area contributed by atoms with Crippen molar-refractivity contribution < 1.29 is 9.59 Å². The zero-order valence-corrected chi connectivity index (χ0v) is 13.7. The van der Waals surface area contributed by atoms with Crippen molar-refractivity contribution in [1.29, 1.82) is 0 Å². The number of anilines is 1. The van der Waals surface area contributed by atoms with Gasteiger partial charge >= 0.3 is 0 Å². The van der Waals surface area contributed by atoms with E-state index in [2.05, 4.69) is 10.6 Å². The molecule has 2 aliphatic rings. The van der Waals surface area contributed by atoms with Crippen molar-refractivity contribution in [3.63, 3.8) is 0 Å². The number of halogens is 1. The summed E-state index contributed by atoms with van der Waals surface area (Å²) in [6.45, 7) is 8.36. The lowest BCUT2D eigenvalue weighted by atomic mass is 9.95. The van der Waals surface area contributed by atoms with Gasteiger partial charge in [-0.3, -0.25) is 9.59 Å². The molecule has 0 unspecified atom stereocenters. The van der Waals surface area contributed by atoms with Crippen LogP contribution in [0, 0.1) is 13.8 Å². The molecule has 1 aromatic rings. The third-order valence-electron chi connectivity index (χ3n) is 3.90. The number of Topliss-reactive ketones (excluding diaryl/α,β-unsaturated/α-hetero) is 1. The summed E-state index contributed by atoms with van der Waals surface area (Å²) in [5.74, 6) is -0.912. The third kappa shape index (κ3) is 3.63. The van der Waals surface area contributed by atoms with Crippen molar-refractivity contribution in [2.75, 3.05) is 18.4 Å². The number of carbonyl (C=O) groups is 2. The summed E-state index contributed by atoms with van der Waals surface area (Å²) in [6.07, 6.45) is 3.65. The van der Waals surface area contributed by atoms with Crippen LogP contribution in [0.4, 0.5) is 5.69 Å². The fourth-order valence-corrected chi connectivity index (χ4v) is 2.71. The number of ketones is 1. The Balaban J connectivity index is 0.000000313. The Morgan fingerprint density at radius 3 is 2.24 bits per heavy atom.